The molecule has 4 N–H and O–H groups in total. The highest BCUT2D eigenvalue weighted by Gasteiger charge is 2.11. The zero-order valence-corrected chi connectivity index (χ0v) is 12.2. The number of ether oxygens (including phenoxy) is 1. The Bertz CT molecular complexity index is 377. The van der Waals surface area contributed by atoms with Crippen molar-refractivity contribution in [3.63, 3.8) is 0 Å². The molecule has 0 fully saturated rings. The lowest BCUT2D eigenvalue weighted by atomic mass is 10.2. The van der Waals surface area contributed by atoms with Crippen LogP contribution in [-0.2, 0) is 4.74 Å². The lowest BCUT2D eigenvalue weighted by Crippen LogP contribution is -2.26. The van der Waals surface area contributed by atoms with Gasteiger partial charge in [-0.15, -0.1) is 0 Å². The minimum atomic E-state index is 0.246. The third-order valence-electron chi connectivity index (χ3n) is 2.76. The maximum absolute atomic E-state index is 5.44. The van der Waals surface area contributed by atoms with Crippen molar-refractivity contribution in [3.8, 4) is 0 Å². The number of nitrogens with zero attached hydrogens (tertiary/aromatic N) is 2. The van der Waals surface area contributed by atoms with E-state index in [1.807, 2.05) is 6.07 Å². The van der Waals surface area contributed by atoms with Crippen LogP contribution in [0.4, 0.5) is 11.6 Å². The standard InChI is InChI=1S/C13H25N5O/c1-5-6-10(8-19-4)15-11-7-12(18-14)17-13(16-11)9(2)3/h7,9-10H,5-6,8,14H2,1-4H3,(H2,15,16,17,18). The van der Waals surface area contributed by atoms with Crippen LogP contribution in [0.2, 0.25) is 0 Å². The first-order chi connectivity index (χ1) is 9.10. The molecule has 0 aliphatic rings. The summed E-state index contributed by atoms with van der Waals surface area (Å²) in [6, 6.07) is 2.06. The molecular formula is C13H25N5O. The molecule has 0 aliphatic carbocycles. The van der Waals surface area contributed by atoms with E-state index in [9.17, 15) is 0 Å². The van der Waals surface area contributed by atoms with Gasteiger partial charge in [-0.3, -0.25) is 0 Å². The number of hydrogen-bond donors (Lipinski definition) is 3. The minimum Gasteiger partial charge on any atom is -0.383 e. The van der Waals surface area contributed by atoms with Gasteiger partial charge in [0.25, 0.3) is 0 Å². The van der Waals surface area contributed by atoms with E-state index >= 15 is 0 Å². The second-order valence-corrected chi connectivity index (χ2v) is 4.88. The van der Waals surface area contributed by atoms with Crippen molar-refractivity contribution < 1.29 is 4.74 Å². The maximum Gasteiger partial charge on any atom is 0.145 e. The van der Waals surface area contributed by atoms with Gasteiger partial charge in [-0.25, -0.2) is 15.8 Å². The molecule has 0 radical (unpaired) electrons. The molecule has 0 saturated heterocycles. The van der Waals surface area contributed by atoms with Gasteiger partial charge in [-0.2, -0.15) is 0 Å². The van der Waals surface area contributed by atoms with E-state index in [1.165, 1.54) is 0 Å². The quantitative estimate of drug-likeness (QED) is 0.494. The normalized spacial score (nSPS) is 12.5. The molecule has 6 nitrogen and oxygen atoms in total. The highest BCUT2D eigenvalue weighted by atomic mass is 16.5. The van der Waals surface area contributed by atoms with Gasteiger partial charge in [0.2, 0.25) is 0 Å². The number of nitrogen functional groups attached to an aromatic ring is 1. The minimum absolute atomic E-state index is 0.246. The molecule has 0 aromatic carbocycles. The van der Waals surface area contributed by atoms with Crippen LogP contribution in [0.5, 0.6) is 0 Å². The Kier molecular flexibility index (Phi) is 6.52. The van der Waals surface area contributed by atoms with Crippen molar-refractivity contribution >= 4 is 11.6 Å². The molecule has 0 aliphatic heterocycles. The van der Waals surface area contributed by atoms with Gasteiger partial charge in [0.1, 0.15) is 17.5 Å². The molecule has 1 heterocycles. The first-order valence-corrected chi connectivity index (χ1v) is 6.71. The summed E-state index contributed by atoms with van der Waals surface area (Å²) in [5, 5.41) is 3.38. The molecule has 0 saturated carbocycles. The highest BCUT2D eigenvalue weighted by molar-refractivity contribution is 5.47. The van der Waals surface area contributed by atoms with Gasteiger partial charge < -0.3 is 15.5 Å². The van der Waals surface area contributed by atoms with Crippen molar-refractivity contribution in [1.29, 1.82) is 0 Å². The summed E-state index contributed by atoms with van der Waals surface area (Å²) in [7, 11) is 1.71. The fraction of sp³-hybridized carbons (Fsp3) is 0.692. The van der Waals surface area contributed by atoms with Gasteiger partial charge in [-0.05, 0) is 6.42 Å². The largest absolute Gasteiger partial charge is 0.383 e. The zero-order valence-electron chi connectivity index (χ0n) is 12.2. The van der Waals surface area contributed by atoms with Crippen LogP contribution >= 0.6 is 0 Å². The monoisotopic (exact) mass is 267 g/mol. The molecule has 0 bridgehead atoms. The fourth-order valence-electron chi connectivity index (χ4n) is 1.83. The average molecular weight is 267 g/mol. The summed E-state index contributed by atoms with van der Waals surface area (Å²) in [4.78, 5) is 8.84. The van der Waals surface area contributed by atoms with Crippen LogP contribution in [0.15, 0.2) is 6.07 Å². The Balaban J connectivity index is 2.88. The van der Waals surface area contributed by atoms with Crippen molar-refractivity contribution in [2.24, 2.45) is 5.84 Å². The average Bonchev–Trinajstić information content (AvgIpc) is 2.38. The number of anilines is 2. The topological polar surface area (TPSA) is 85.1 Å². The molecule has 6 heteroatoms. The van der Waals surface area contributed by atoms with Crippen LogP contribution in [-0.4, -0.2) is 29.7 Å². The number of nitrogens with one attached hydrogen (secondary N) is 2. The molecule has 1 unspecified atom stereocenters. The maximum atomic E-state index is 5.44. The summed E-state index contributed by atoms with van der Waals surface area (Å²) < 4.78 is 5.22. The Morgan fingerprint density at radius 2 is 2.00 bits per heavy atom. The van der Waals surface area contributed by atoms with E-state index in [1.54, 1.807) is 7.11 Å². The van der Waals surface area contributed by atoms with E-state index < -0.39 is 0 Å². The molecular weight excluding hydrogens is 242 g/mol. The number of hydrogen-bond acceptors (Lipinski definition) is 6. The van der Waals surface area contributed by atoms with Crippen LogP contribution < -0.4 is 16.6 Å². The van der Waals surface area contributed by atoms with E-state index in [-0.39, 0.29) is 12.0 Å². The molecule has 1 aromatic heterocycles. The van der Waals surface area contributed by atoms with E-state index in [0.29, 0.717) is 12.4 Å². The molecule has 0 amide bonds. The molecule has 19 heavy (non-hydrogen) atoms. The van der Waals surface area contributed by atoms with Crippen molar-refractivity contribution in [2.45, 2.75) is 45.6 Å². The second-order valence-electron chi connectivity index (χ2n) is 4.88. The van der Waals surface area contributed by atoms with Crippen molar-refractivity contribution in [3.05, 3.63) is 11.9 Å². The van der Waals surface area contributed by atoms with Crippen LogP contribution in [0.1, 0.15) is 45.4 Å². The van der Waals surface area contributed by atoms with Crippen LogP contribution in [0.3, 0.4) is 0 Å². The van der Waals surface area contributed by atoms with Gasteiger partial charge >= 0.3 is 0 Å². The van der Waals surface area contributed by atoms with Crippen LogP contribution in [0.25, 0.3) is 0 Å². The number of aromatic nitrogens is 2. The first-order valence-electron chi connectivity index (χ1n) is 6.71. The Morgan fingerprint density at radius 1 is 1.32 bits per heavy atom. The third kappa shape index (κ3) is 5.00. The number of methoxy groups -OCH3 is 1. The van der Waals surface area contributed by atoms with E-state index in [0.717, 1.165) is 24.5 Å². The predicted molar refractivity (Wildman–Crippen MR) is 78.1 cm³/mol. The number of rotatable bonds is 8. The fourth-order valence-corrected chi connectivity index (χ4v) is 1.83. The molecule has 1 aromatic rings. The molecule has 1 rings (SSSR count). The lowest BCUT2D eigenvalue weighted by Gasteiger charge is -2.19. The molecule has 108 valence electrons. The van der Waals surface area contributed by atoms with Gasteiger partial charge in [0.05, 0.1) is 12.6 Å². The summed E-state index contributed by atoms with van der Waals surface area (Å²) in [6.45, 7) is 6.91. The Labute approximate surface area is 115 Å². The number of nitrogens with two attached hydrogens (primary N) is 1. The second kappa shape index (κ2) is 7.91. The van der Waals surface area contributed by atoms with Gasteiger partial charge in [0, 0.05) is 19.1 Å². The van der Waals surface area contributed by atoms with E-state index in [4.69, 9.17) is 10.6 Å². The predicted octanol–water partition coefficient (Wildman–Crippen LogP) is 2.11. The summed E-state index contributed by atoms with van der Waals surface area (Å²) in [5.74, 6) is 7.86. The highest BCUT2D eigenvalue weighted by Crippen LogP contribution is 2.17. The van der Waals surface area contributed by atoms with E-state index in [2.05, 4.69) is 41.5 Å². The van der Waals surface area contributed by atoms with Crippen molar-refractivity contribution in [1.82, 2.24) is 9.97 Å². The Morgan fingerprint density at radius 3 is 2.53 bits per heavy atom. The van der Waals surface area contributed by atoms with Crippen molar-refractivity contribution in [2.75, 3.05) is 24.5 Å². The number of hydrazine groups is 1. The molecule has 0 spiro atoms. The molecule has 1 atom stereocenters. The smallest absolute Gasteiger partial charge is 0.145 e. The summed E-state index contributed by atoms with van der Waals surface area (Å²) >= 11 is 0. The Hall–Kier alpha value is -1.40. The SMILES string of the molecule is CCCC(COC)Nc1cc(NN)nc(C(C)C)n1. The lowest BCUT2D eigenvalue weighted by molar-refractivity contribution is 0.182. The van der Waals surface area contributed by atoms with Gasteiger partial charge in [-0.1, -0.05) is 27.2 Å². The van der Waals surface area contributed by atoms with Gasteiger partial charge in [0.15, 0.2) is 0 Å². The zero-order chi connectivity index (χ0) is 14.3. The summed E-state index contributed by atoms with van der Waals surface area (Å²) in [6.07, 6.45) is 2.12. The third-order valence-corrected chi connectivity index (χ3v) is 2.76. The summed E-state index contributed by atoms with van der Waals surface area (Å²) in [5.41, 5.74) is 2.58. The first kappa shape index (κ1) is 15.7. The van der Waals surface area contributed by atoms with Crippen LogP contribution in [0, 0.1) is 0 Å².